The summed E-state index contributed by atoms with van der Waals surface area (Å²) in [6, 6.07) is 6.76. The van der Waals surface area contributed by atoms with E-state index in [0.29, 0.717) is 11.6 Å². The van der Waals surface area contributed by atoms with Gasteiger partial charge in [0.05, 0.1) is 19.8 Å². The zero-order chi connectivity index (χ0) is 13.1. The fourth-order valence-corrected chi connectivity index (χ4v) is 1.82. The van der Waals surface area contributed by atoms with E-state index in [0.717, 1.165) is 5.56 Å². The van der Waals surface area contributed by atoms with Crippen LogP contribution in [0, 0.1) is 0 Å². The molecule has 2 atom stereocenters. The summed E-state index contributed by atoms with van der Waals surface area (Å²) in [6.07, 6.45) is -0.336. The molecule has 0 saturated heterocycles. The molecular weight excluding hydrogens is 234 g/mol. The summed E-state index contributed by atoms with van der Waals surface area (Å²) >= 11 is 0. The van der Waals surface area contributed by atoms with Crippen LogP contribution in [-0.2, 0) is 14.3 Å². The van der Waals surface area contributed by atoms with Crippen LogP contribution in [0.4, 0.5) is 0 Å². The molecule has 0 unspecified atom stereocenters. The van der Waals surface area contributed by atoms with Crippen LogP contribution in [0.1, 0.15) is 12.5 Å². The van der Waals surface area contributed by atoms with Crippen LogP contribution in [0.15, 0.2) is 29.3 Å². The van der Waals surface area contributed by atoms with E-state index in [2.05, 4.69) is 9.73 Å². The highest BCUT2D eigenvalue weighted by Gasteiger charge is 2.35. The molecule has 18 heavy (non-hydrogen) atoms. The van der Waals surface area contributed by atoms with Gasteiger partial charge in [0.2, 0.25) is 5.90 Å². The van der Waals surface area contributed by atoms with Crippen molar-refractivity contribution in [2.75, 3.05) is 14.2 Å². The maximum atomic E-state index is 11.5. The number of esters is 1. The normalized spacial score (nSPS) is 22.1. The van der Waals surface area contributed by atoms with Crippen molar-refractivity contribution in [1.82, 2.24) is 0 Å². The van der Waals surface area contributed by atoms with Gasteiger partial charge in [-0.2, -0.15) is 0 Å². The van der Waals surface area contributed by atoms with Gasteiger partial charge in [0.1, 0.15) is 11.9 Å². The van der Waals surface area contributed by atoms with Crippen molar-refractivity contribution < 1.29 is 19.0 Å². The van der Waals surface area contributed by atoms with E-state index in [1.165, 1.54) is 7.11 Å². The molecule has 0 fully saturated rings. The van der Waals surface area contributed by atoms with Gasteiger partial charge < -0.3 is 14.2 Å². The molecule has 2 rings (SSSR count). The Hall–Kier alpha value is -2.04. The van der Waals surface area contributed by atoms with Crippen molar-refractivity contribution in [1.29, 1.82) is 0 Å². The summed E-state index contributed by atoms with van der Waals surface area (Å²) in [5.74, 6) is 0.678. The first-order valence-electron chi connectivity index (χ1n) is 5.63. The average Bonchev–Trinajstić information content (AvgIpc) is 2.79. The van der Waals surface area contributed by atoms with Crippen LogP contribution in [0.25, 0.3) is 0 Å². The molecule has 0 saturated carbocycles. The van der Waals surface area contributed by atoms with Gasteiger partial charge in [0, 0.05) is 0 Å². The van der Waals surface area contributed by atoms with E-state index in [4.69, 9.17) is 9.47 Å². The minimum atomic E-state index is -0.616. The average molecular weight is 249 g/mol. The number of rotatable bonds is 3. The Morgan fingerprint density at radius 2 is 2.06 bits per heavy atom. The quantitative estimate of drug-likeness (QED) is 0.760. The van der Waals surface area contributed by atoms with Gasteiger partial charge in [-0.3, -0.25) is 0 Å². The largest absolute Gasteiger partial charge is 0.496 e. The van der Waals surface area contributed by atoms with E-state index in [9.17, 15) is 4.79 Å². The smallest absolute Gasteiger partial charge is 0.334 e. The second-order valence-corrected chi connectivity index (χ2v) is 3.93. The van der Waals surface area contributed by atoms with Crippen molar-refractivity contribution in [3.05, 3.63) is 29.8 Å². The zero-order valence-electron chi connectivity index (χ0n) is 10.5. The van der Waals surface area contributed by atoms with Crippen molar-refractivity contribution in [2.45, 2.75) is 19.1 Å². The molecule has 0 N–H and O–H groups in total. The van der Waals surface area contributed by atoms with E-state index in [1.807, 2.05) is 24.3 Å². The van der Waals surface area contributed by atoms with Crippen LogP contribution < -0.4 is 4.74 Å². The Bertz CT molecular complexity index is 484. The molecule has 0 aliphatic carbocycles. The number of methoxy groups -OCH3 is 2. The third-order valence-electron chi connectivity index (χ3n) is 2.78. The lowest BCUT2D eigenvalue weighted by molar-refractivity contribution is -0.143. The number of benzene rings is 1. The second-order valence-electron chi connectivity index (χ2n) is 3.93. The molecule has 96 valence electrons. The number of hydrogen-bond acceptors (Lipinski definition) is 5. The molecule has 5 heteroatoms. The van der Waals surface area contributed by atoms with Crippen molar-refractivity contribution in [3.63, 3.8) is 0 Å². The molecule has 0 bridgehead atoms. The Balaban J connectivity index is 2.32. The fourth-order valence-electron chi connectivity index (χ4n) is 1.82. The highest BCUT2D eigenvalue weighted by molar-refractivity contribution is 6.00. The number of ether oxygens (including phenoxy) is 3. The molecule has 0 aromatic heterocycles. The number of hydrogen-bond donors (Lipinski definition) is 0. The van der Waals surface area contributed by atoms with Crippen LogP contribution >= 0.6 is 0 Å². The van der Waals surface area contributed by atoms with E-state index < -0.39 is 12.0 Å². The number of nitrogens with zero attached hydrogens (tertiary/aromatic N) is 1. The Morgan fingerprint density at radius 1 is 1.33 bits per heavy atom. The third-order valence-corrected chi connectivity index (χ3v) is 2.78. The van der Waals surface area contributed by atoms with Crippen LogP contribution in [0.5, 0.6) is 5.75 Å². The molecule has 0 spiro atoms. The third kappa shape index (κ3) is 2.16. The molecule has 1 aliphatic rings. The van der Waals surface area contributed by atoms with E-state index in [-0.39, 0.29) is 6.10 Å². The van der Waals surface area contributed by atoms with Crippen molar-refractivity contribution >= 4 is 11.9 Å². The van der Waals surface area contributed by atoms with E-state index in [1.54, 1.807) is 14.0 Å². The van der Waals surface area contributed by atoms with Crippen molar-refractivity contribution in [2.24, 2.45) is 4.99 Å². The van der Waals surface area contributed by atoms with Gasteiger partial charge in [-0.05, 0) is 19.1 Å². The Labute approximate surface area is 105 Å². The molecule has 1 aromatic rings. The summed E-state index contributed by atoms with van der Waals surface area (Å²) in [5.41, 5.74) is 0.734. The van der Waals surface area contributed by atoms with E-state index >= 15 is 0 Å². The monoisotopic (exact) mass is 249 g/mol. The minimum absolute atomic E-state index is 0.336. The van der Waals surface area contributed by atoms with Crippen LogP contribution in [-0.4, -0.2) is 38.2 Å². The first-order valence-corrected chi connectivity index (χ1v) is 5.63. The highest BCUT2D eigenvalue weighted by Crippen LogP contribution is 2.25. The number of aliphatic imine (C=N–C) groups is 1. The van der Waals surface area contributed by atoms with Gasteiger partial charge in [0.15, 0.2) is 6.04 Å². The predicted molar refractivity (Wildman–Crippen MR) is 65.9 cm³/mol. The second kappa shape index (κ2) is 5.08. The molecule has 1 heterocycles. The van der Waals surface area contributed by atoms with Gasteiger partial charge in [-0.1, -0.05) is 12.1 Å². The number of carbonyl (C=O) groups excluding carboxylic acids is 1. The summed E-state index contributed by atoms with van der Waals surface area (Å²) in [4.78, 5) is 15.8. The van der Waals surface area contributed by atoms with Gasteiger partial charge in [-0.25, -0.2) is 9.79 Å². The maximum absolute atomic E-state index is 11.5. The summed E-state index contributed by atoms with van der Waals surface area (Å²) in [5, 5.41) is 0. The van der Waals surface area contributed by atoms with Gasteiger partial charge in [0.25, 0.3) is 0 Å². The highest BCUT2D eigenvalue weighted by atomic mass is 16.5. The van der Waals surface area contributed by atoms with Gasteiger partial charge in [-0.15, -0.1) is 0 Å². The Morgan fingerprint density at radius 3 is 2.72 bits per heavy atom. The first kappa shape index (κ1) is 12.4. The molecule has 0 radical (unpaired) electrons. The molecule has 1 aliphatic heterocycles. The molecule has 1 aromatic carbocycles. The summed E-state index contributed by atoms with van der Waals surface area (Å²) < 4.78 is 15.5. The molecule has 5 nitrogen and oxygen atoms in total. The SMILES string of the molecule is COC(=O)[C@H]1N=C(c2ccccc2OC)O[C@H]1C. The van der Waals surface area contributed by atoms with Crippen molar-refractivity contribution in [3.8, 4) is 5.75 Å². The summed E-state index contributed by atoms with van der Waals surface area (Å²) in [6.45, 7) is 1.79. The summed E-state index contributed by atoms with van der Waals surface area (Å²) in [7, 11) is 2.92. The lowest BCUT2D eigenvalue weighted by Gasteiger charge is -2.11. The first-order chi connectivity index (χ1) is 8.67. The lowest BCUT2D eigenvalue weighted by atomic mass is 10.2. The number of para-hydroxylation sites is 1. The zero-order valence-corrected chi connectivity index (χ0v) is 10.5. The van der Waals surface area contributed by atoms with Crippen LogP contribution in [0.3, 0.4) is 0 Å². The number of carbonyl (C=O) groups is 1. The lowest BCUT2D eigenvalue weighted by Crippen LogP contribution is -2.28. The minimum Gasteiger partial charge on any atom is -0.496 e. The van der Waals surface area contributed by atoms with Gasteiger partial charge >= 0.3 is 5.97 Å². The molecular formula is C13H15NO4. The fraction of sp³-hybridized carbons (Fsp3) is 0.385. The topological polar surface area (TPSA) is 57.1 Å². The Kier molecular flexibility index (Phi) is 3.50. The molecule has 0 amide bonds. The standard InChI is InChI=1S/C13H15NO4/c1-8-11(13(15)17-3)14-12(18-8)9-6-4-5-7-10(9)16-2/h4-8,11H,1-3H3/t8-,11-/m0/s1. The maximum Gasteiger partial charge on any atom is 0.334 e. The van der Waals surface area contributed by atoms with Crippen LogP contribution in [0.2, 0.25) is 0 Å². The predicted octanol–water partition coefficient (Wildman–Crippen LogP) is 1.40.